The van der Waals surface area contributed by atoms with Gasteiger partial charge >= 0.3 is 0 Å². The largest absolute Gasteiger partial charge is 0.356 e. The summed E-state index contributed by atoms with van der Waals surface area (Å²) in [6.07, 6.45) is 3.42. The number of aliphatic imine (C=N–C) groups is 1. The van der Waals surface area contributed by atoms with Gasteiger partial charge in [-0.1, -0.05) is 24.3 Å². The van der Waals surface area contributed by atoms with Gasteiger partial charge < -0.3 is 15.5 Å². The molecule has 0 aliphatic carbocycles. The Labute approximate surface area is 183 Å². The number of benzene rings is 1. The van der Waals surface area contributed by atoms with Crippen LogP contribution in [0.5, 0.6) is 0 Å². The molecule has 30 heavy (non-hydrogen) atoms. The molecule has 0 fully saturated rings. The molecule has 0 saturated heterocycles. The third-order valence-corrected chi connectivity index (χ3v) is 5.78. The normalized spacial score (nSPS) is 14.4. The first-order valence-electron chi connectivity index (χ1n) is 11.5. The van der Waals surface area contributed by atoms with Crippen molar-refractivity contribution in [3.63, 3.8) is 0 Å². The van der Waals surface area contributed by atoms with E-state index in [1.165, 1.54) is 11.1 Å². The lowest BCUT2D eigenvalue weighted by Crippen LogP contribution is -2.41. The summed E-state index contributed by atoms with van der Waals surface area (Å²) in [5.74, 6) is 1.06. The predicted octanol–water partition coefficient (Wildman–Crippen LogP) is 3.03. The summed E-state index contributed by atoms with van der Waals surface area (Å²) in [5.41, 5.74) is 2.66. The van der Waals surface area contributed by atoms with Gasteiger partial charge in [0.1, 0.15) is 0 Å². The summed E-state index contributed by atoms with van der Waals surface area (Å²) in [6.45, 7) is 13.3. The number of rotatable bonds is 10. The van der Waals surface area contributed by atoms with Crippen molar-refractivity contribution in [2.24, 2.45) is 4.99 Å². The molecule has 0 atom stereocenters. The molecule has 0 spiro atoms. The van der Waals surface area contributed by atoms with Crippen LogP contribution in [0.4, 0.5) is 0 Å². The van der Waals surface area contributed by atoms with Gasteiger partial charge in [0.05, 0.1) is 0 Å². The van der Waals surface area contributed by atoms with Gasteiger partial charge in [-0.15, -0.1) is 0 Å². The maximum Gasteiger partial charge on any atom is 0.222 e. The molecule has 1 amide bonds. The highest BCUT2D eigenvalue weighted by Gasteiger charge is 2.19. The first kappa shape index (κ1) is 24.2. The zero-order chi connectivity index (χ0) is 21.9. The highest BCUT2D eigenvalue weighted by Crippen LogP contribution is 2.19. The van der Waals surface area contributed by atoms with Crippen molar-refractivity contribution in [3.05, 3.63) is 35.4 Å². The molecule has 2 N–H and O–H groups in total. The Morgan fingerprint density at radius 2 is 1.70 bits per heavy atom. The van der Waals surface area contributed by atoms with E-state index in [9.17, 15) is 4.79 Å². The zero-order valence-electron chi connectivity index (χ0n) is 19.6. The first-order valence-corrected chi connectivity index (χ1v) is 11.5. The number of guanidine groups is 1. The second kappa shape index (κ2) is 12.6. The lowest BCUT2D eigenvalue weighted by atomic mass is 9.99. The van der Waals surface area contributed by atoms with Crippen LogP contribution in [0.1, 0.15) is 58.1 Å². The molecule has 1 heterocycles. The van der Waals surface area contributed by atoms with E-state index in [-0.39, 0.29) is 5.91 Å². The summed E-state index contributed by atoms with van der Waals surface area (Å²) < 4.78 is 0. The van der Waals surface area contributed by atoms with Gasteiger partial charge in [-0.2, -0.15) is 0 Å². The number of nitrogens with zero attached hydrogens (tertiary/aromatic N) is 3. The molecular weight excluding hydrogens is 374 g/mol. The van der Waals surface area contributed by atoms with Gasteiger partial charge in [-0.25, -0.2) is 0 Å². The van der Waals surface area contributed by atoms with Crippen molar-refractivity contribution >= 4 is 11.9 Å². The average molecular weight is 416 g/mol. The van der Waals surface area contributed by atoms with Gasteiger partial charge in [-0.05, 0) is 58.1 Å². The van der Waals surface area contributed by atoms with Crippen LogP contribution in [0.25, 0.3) is 0 Å². The van der Waals surface area contributed by atoms with E-state index in [0.717, 1.165) is 57.9 Å². The molecule has 1 aliphatic rings. The van der Waals surface area contributed by atoms with E-state index in [1.54, 1.807) is 7.05 Å². The van der Waals surface area contributed by atoms with Crippen LogP contribution in [0.2, 0.25) is 0 Å². The number of amides is 1. The zero-order valence-corrected chi connectivity index (χ0v) is 19.6. The van der Waals surface area contributed by atoms with Crippen LogP contribution in [-0.4, -0.2) is 67.0 Å². The van der Waals surface area contributed by atoms with Crippen molar-refractivity contribution < 1.29 is 4.79 Å². The summed E-state index contributed by atoms with van der Waals surface area (Å²) in [6, 6.07) is 9.56. The Morgan fingerprint density at radius 1 is 1.07 bits per heavy atom. The molecule has 1 aromatic carbocycles. The molecule has 0 bridgehead atoms. The lowest BCUT2D eigenvalue weighted by molar-refractivity contribution is -0.132. The Bertz CT molecular complexity index is 678. The topological polar surface area (TPSA) is 60.0 Å². The monoisotopic (exact) mass is 415 g/mol. The Hall–Kier alpha value is -2.08. The second-order valence-corrected chi connectivity index (χ2v) is 8.64. The number of nitrogens with one attached hydrogen (secondary N) is 2. The maximum absolute atomic E-state index is 12.6. The third-order valence-electron chi connectivity index (χ3n) is 5.78. The molecule has 168 valence electrons. The number of carbonyl (C=O) groups is 1. The quantitative estimate of drug-likeness (QED) is 0.350. The summed E-state index contributed by atoms with van der Waals surface area (Å²) >= 11 is 0. The van der Waals surface area contributed by atoms with Crippen molar-refractivity contribution in [3.8, 4) is 0 Å². The minimum Gasteiger partial charge on any atom is -0.356 e. The molecule has 0 saturated carbocycles. The van der Waals surface area contributed by atoms with Crippen LogP contribution in [-0.2, 0) is 17.8 Å². The smallest absolute Gasteiger partial charge is 0.222 e. The summed E-state index contributed by atoms with van der Waals surface area (Å²) in [4.78, 5) is 21.3. The predicted molar refractivity (Wildman–Crippen MR) is 126 cm³/mol. The third kappa shape index (κ3) is 7.63. The fourth-order valence-corrected chi connectivity index (χ4v) is 4.11. The van der Waals surface area contributed by atoms with Crippen LogP contribution >= 0.6 is 0 Å². The molecule has 0 aromatic heterocycles. The average Bonchev–Trinajstić information content (AvgIpc) is 2.73. The van der Waals surface area contributed by atoms with E-state index in [1.807, 2.05) is 4.90 Å². The second-order valence-electron chi connectivity index (χ2n) is 8.64. The van der Waals surface area contributed by atoms with Gasteiger partial charge in [0, 0.05) is 58.3 Å². The van der Waals surface area contributed by atoms with E-state index in [4.69, 9.17) is 0 Å². The number of carbonyl (C=O) groups excluding carboxylic acids is 1. The lowest BCUT2D eigenvalue weighted by Gasteiger charge is -2.30. The molecule has 0 unspecified atom stereocenters. The minimum absolute atomic E-state index is 0.247. The van der Waals surface area contributed by atoms with Gasteiger partial charge in [-0.3, -0.25) is 14.7 Å². The van der Waals surface area contributed by atoms with Gasteiger partial charge in [0.25, 0.3) is 0 Å². The van der Waals surface area contributed by atoms with Crippen LogP contribution in [0.15, 0.2) is 29.3 Å². The van der Waals surface area contributed by atoms with Crippen molar-refractivity contribution in [2.75, 3.05) is 33.2 Å². The molecule has 6 nitrogen and oxygen atoms in total. The van der Waals surface area contributed by atoms with Crippen molar-refractivity contribution in [1.82, 2.24) is 20.4 Å². The molecule has 1 aliphatic heterocycles. The van der Waals surface area contributed by atoms with E-state index >= 15 is 0 Å². The fraction of sp³-hybridized carbons (Fsp3) is 0.667. The molecule has 1 aromatic rings. The SMILES string of the molecule is CN=C(NCCCC(=O)N1CCc2ccccc2C1)NCCCN(C(C)C)C(C)C. The Kier molecular flexibility index (Phi) is 10.1. The van der Waals surface area contributed by atoms with Crippen molar-refractivity contribution in [2.45, 2.75) is 72.0 Å². The van der Waals surface area contributed by atoms with Gasteiger partial charge in [0.2, 0.25) is 5.91 Å². The van der Waals surface area contributed by atoms with Crippen LogP contribution in [0.3, 0.4) is 0 Å². The number of hydrogen-bond donors (Lipinski definition) is 2. The summed E-state index contributed by atoms with van der Waals surface area (Å²) in [7, 11) is 1.79. The van der Waals surface area contributed by atoms with Crippen LogP contribution < -0.4 is 10.6 Å². The standard InChI is InChI=1S/C24H41N5O/c1-19(2)29(20(3)4)16-9-15-27-24(25-5)26-14-8-12-23(30)28-17-13-21-10-6-7-11-22(21)18-28/h6-7,10-11,19-20H,8-9,12-18H2,1-5H3,(H2,25,26,27). The van der Waals surface area contributed by atoms with E-state index < -0.39 is 0 Å². The van der Waals surface area contributed by atoms with Crippen LogP contribution in [0, 0.1) is 0 Å². The highest BCUT2D eigenvalue weighted by atomic mass is 16.2. The molecular formula is C24H41N5O. The van der Waals surface area contributed by atoms with E-state index in [0.29, 0.717) is 18.5 Å². The Morgan fingerprint density at radius 3 is 2.33 bits per heavy atom. The Balaban J connectivity index is 1.61. The minimum atomic E-state index is 0.247. The van der Waals surface area contributed by atoms with Gasteiger partial charge in [0.15, 0.2) is 5.96 Å². The fourth-order valence-electron chi connectivity index (χ4n) is 4.11. The maximum atomic E-state index is 12.6. The van der Waals surface area contributed by atoms with Crippen molar-refractivity contribution in [1.29, 1.82) is 0 Å². The molecule has 6 heteroatoms. The van der Waals surface area contributed by atoms with E-state index in [2.05, 4.69) is 72.5 Å². The molecule has 2 rings (SSSR count). The first-order chi connectivity index (χ1) is 14.4. The highest BCUT2D eigenvalue weighted by molar-refractivity contribution is 5.80. The number of fused-ring (bicyclic) bond motifs is 1. The molecule has 0 radical (unpaired) electrons. The number of hydrogen-bond acceptors (Lipinski definition) is 3. The summed E-state index contributed by atoms with van der Waals surface area (Å²) in [5, 5.41) is 6.71.